The van der Waals surface area contributed by atoms with Crippen molar-refractivity contribution in [3.8, 4) is 5.75 Å². The van der Waals surface area contributed by atoms with Crippen LogP contribution in [-0.4, -0.2) is 17.1 Å². The Hall–Kier alpha value is -1.90. The Bertz CT molecular complexity index is 607. The molecule has 2 rings (SSSR count). The lowest BCUT2D eigenvalue weighted by Crippen LogP contribution is -1.95. The maximum Gasteiger partial charge on any atom is 0.128 e. The van der Waals surface area contributed by atoms with Gasteiger partial charge in [0.1, 0.15) is 5.75 Å². The van der Waals surface area contributed by atoms with E-state index in [1.54, 1.807) is 7.11 Å². The van der Waals surface area contributed by atoms with Crippen LogP contribution in [0.4, 0.5) is 0 Å². The van der Waals surface area contributed by atoms with Crippen molar-refractivity contribution in [1.82, 2.24) is 9.97 Å². The van der Waals surface area contributed by atoms with Gasteiger partial charge in [-0.25, -0.2) is 0 Å². The Morgan fingerprint density at radius 2 is 1.14 bits per heavy atom. The Labute approximate surface area is 128 Å². The first-order valence-corrected chi connectivity index (χ1v) is 7.15. The molecule has 0 amide bonds. The molecule has 2 aromatic heterocycles. The standard InChI is InChI=1S/C9H13NO.C9H13N/c1-6-5-10-8(3)7(2)9(6)11-4;1-6-5-10-9(4)8(3)7(6)2/h5H,1-4H3;5H,1-4H3. The molecule has 0 atom stereocenters. The zero-order chi connectivity index (χ0) is 16.2. The summed E-state index contributed by atoms with van der Waals surface area (Å²) in [6.45, 7) is 14.4. The van der Waals surface area contributed by atoms with Crippen LogP contribution < -0.4 is 4.74 Å². The second-order valence-corrected chi connectivity index (χ2v) is 5.46. The zero-order valence-electron chi connectivity index (χ0n) is 14.5. The van der Waals surface area contributed by atoms with E-state index in [2.05, 4.69) is 30.7 Å². The summed E-state index contributed by atoms with van der Waals surface area (Å²) in [6, 6.07) is 0. The predicted octanol–water partition coefficient (Wildman–Crippen LogP) is 4.33. The fraction of sp³-hybridized carbons (Fsp3) is 0.444. The number of rotatable bonds is 1. The highest BCUT2D eigenvalue weighted by Gasteiger charge is 2.04. The van der Waals surface area contributed by atoms with Crippen molar-refractivity contribution in [3.05, 3.63) is 51.6 Å². The van der Waals surface area contributed by atoms with E-state index in [9.17, 15) is 0 Å². The summed E-state index contributed by atoms with van der Waals surface area (Å²) in [6.07, 6.45) is 3.76. The van der Waals surface area contributed by atoms with Crippen molar-refractivity contribution in [1.29, 1.82) is 0 Å². The molecule has 0 saturated heterocycles. The van der Waals surface area contributed by atoms with Gasteiger partial charge in [0.15, 0.2) is 0 Å². The minimum Gasteiger partial charge on any atom is -0.496 e. The van der Waals surface area contributed by atoms with E-state index in [1.165, 1.54) is 16.7 Å². The van der Waals surface area contributed by atoms with Crippen molar-refractivity contribution in [2.75, 3.05) is 7.11 Å². The summed E-state index contributed by atoms with van der Waals surface area (Å²) in [5, 5.41) is 0. The molecular formula is C18H26N2O. The maximum atomic E-state index is 5.22. The highest BCUT2D eigenvalue weighted by atomic mass is 16.5. The van der Waals surface area contributed by atoms with Crippen LogP contribution in [0.15, 0.2) is 12.4 Å². The van der Waals surface area contributed by atoms with Crippen LogP contribution in [0, 0.1) is 48.5 Å². The van der Waals surface area contributed by atoms with Crippen molar-refractivity contribution in [2.45, 2.75) is 48.5 Å². The van der Waals surface area contributed by atoms with Crippen molar-refractivity contribution in [3.63, 3.8) is 0 Å². The third-order valence-corrected chi connectivity index (χ3v) is 4.05. The third kappa shape index (κ3) is 4.03. The molecule has 0 aliphatic heterocycles. The van der Waals surface area contributed by atoms with Gasteiger partial charge in [-0.05, 0) is 65.2 Å². The molecule has 114 valence electrons. The van der Waals surface area contributed by atoms with Crippen LogP contribution in [0.2, 0.25) is 0 Å². The third-order valence-electron chi connectivity index (χ3n) is 4.05. The van der Waals surface area contributed by atoms with Gasteiger partial charge in [-0.1, -0.05) is 0 Å². The second-order valence-electron chi connectivity index (χ2n) is 5.46. The maximum absolute atomic E-state index is 5.22. The number of hydrogen-bond donors (Lipinski definition) is 0. The van der Waals surface area contributed by atoms with Crippen LogP contribution in [0.25, 0.3) is 0 Å². The number of aromatic nitrogens is 2. The van der Waals surface area contributed by atoms with E-state index in [1.807, 2.05) is 40.1 Å². The normalized spacial score (nSPS) is 9.90. The van der Waals surface area contributed by atoms with Gasteiger partial charge in [-0.3, -0.25) is 9.97 Å². The molecule has 3 heteroatoms. The highest BCUT2D eigenvalue weighted by molar-refractivity contribution is 5.40. The molecule has 0 aromatic carbocycles. The van der Waals surface area contributed by atoms with Crippen LogP contribution in [0.3, 0.4) is 0 Å². The Morgan fingerprint density at radius 1 is 0.667 bits per heavy atom. The summed E-state index contributed by atoms with van der Waals surface area (Å²) in [5.41, 5.74) is 8.37. The van der Waals surface area contributed by atoms with Gasteiger partial charge < -0.3 is 4.74 Å². The number of nitrogens with zero attached hydrogens (tertiary/aromatic N) is 2. The quantitative estimate of drug-likeness (QED) is 0.782. The minimum absolute atomic E-state index is 0.956. The Kier molecular flexibility index (Phi) is 5.89. The van der Waals surface area contributed by atoms with E-state index in [-0.39, 0.29) is 0 Å². The zero-order valence-corrected chi connectivity index (χ0v) is 14.5. The van der Waals surface area contributed by atoms with Gasteiger partial charge >= 0.3 is 0 Å². The van der Waals surface area contributed by atoms with Crippen LogP contribution in [0.5, 0.6) is 5.75 Å². The second kappa shape index (κ2) is 7.21. The molecule has 0 radical (unpaired) electrons. The molecule has 3 nitrogen and oxygen atoms in total. The smallest absolute Gasteiger partial charge is 0.128 e. The lowest BCUT2D eigenvalue weighted by molar-refractivity contribution is 0.407. The molecule has 0 aliphatic carbocycles. The van der Waals surface area contributed by atoms with Crippen LogP contribution >= 0.6 is 0 Å². The lowest BCUT2D eigenvalue weighted by atomic mass is 10.1. The number of methoxy groups -OCH3 is 1. The van der Waals surface area contributed by atoms with Gasteiger partial charge in [0.25, 0.3) is 0 Å². The van der Waals surface area contributed by atoms with Gasteiger partial charge in [0.05, 0.1) is 7.11 Å². The van der Waals surface area contributed by atoms with Crippen LogP contribution in [-0.2, 0) is 0 Å². The number of pyridine rings is 2. The number of ether oxygens (including phenoxy) is 1. The molecule has 0 spiro atoms. The summed E-state index contributed by atoms with van der Waals surface area (Å²) < 4.78 is 5.22. The topological polar surface area (TPSA) is 35.0 Å². The van der Waals surface area contributed by atoms with E-state index in [0.717, 1.165) is 28.3 Å². The van der Waals surface area contributed by atoms with Crippen molar-refractivity contribution in [2.24, 2.45) is 0 Å². The van der Waals surface area contributed by atoms with Crippen molar-refractivity contribution < 1.29 is 4.74 Å². The molecule has 0 bridgehead atoms. The summed E-state index contributed by atoms with van der Waals surface area (Å²) in [7, 11) is 1.69. The summed E-state index contributed by atoms with van der Waals surface area (Å²) in [5.74, 6) is 0.956. The molecule has 0 unspecified atom stereocenters. The summed E-state index contributed by atoms with van der Waals surface area (Å²) in [4.78, 5) is 8.45. The average molecular weight is 286 g/mol. The molecule has 2 aromatic rings. The van der Waals surface area contributed by atoms with Gasteiger partial charge in [0.2, 0.25) is 0 Å². The van der Waals surface area contributed by atoms with Crippen molar-refractivity contribution >= 4 is 0 Å². The highest BCUT2D eigenvalue weighted by Crippen LogP contribution is 2.22. The largest absolute Gasteiger partial charge is 0.496 e. The Morgan fingerprint density at radius 3 is 1.57 bits per heavy atom. The monoisotopic (exact) mass is 286 g/mol. The molecule has 0 fully saturated rings. The number of hydrogen-bond acceptors (Lipinski definition) is 3. The fourth-order valence-corrected chi connectivity index (χ4v) is 2.08. The Balaban J connectivity index is 0.000000211. The first kappa shape index (κ1) is 17.2. The summed E-state index contributed by atoms with van der Waals surface area (Å²) >= 11 is 0. The number of aryl methyl sites for hydroxylation is 4. The van der Waals surface area contributed by atoms with E-state index < -0.39 is 0 Å². The van der Waals surface area contributed by atoms with E-state index in [0.29, 0.717) is 0 Å². The predicted molar refractivity (Wildman–Crippen MR) is 88.2 cm³/mol. The van der Waals surface area contributed by atoms with E-state index in [4.69, 9.17) is 4.74 Å². The SMILES string of the molecule is COc1c(C)cnc(C)c1C.Cc1cnc(C)c(C)c1C. The van der Waals surface area contributed by atoms with Gasteiger partial charge in [-0.2, -0.15) is 0 Å². The average Bonchev–Trinajstić information content (AvgIpc) is 2.46. The lowest BCUT2D eigenvalue weighted by Gasteiger charge is -2.08. The molecule has 0 aliphatic rings. The molecule has 0 saturated carbocycles. The first-order valence-electron chi connectivity index (χ1n) is 7.15. The molecule has 2 heterocycles. The fourth-order valence-electron chi connectivity index (χ4n) is 2.08. The first-order chi connectivity index (χ1) is 9.79. The van der Waals surface area contributed by atoms with Crippen LogP contribution in [0.1, 0.15) is 39.2 Å². The van der Waals surface area contributed by atoms with Gasteiger partial charge in [0, 0.05) is 34.9 Å². The molecular weight excluding hydrogens is 260 g/mol. The minimum atomic E-state index is 0.956. The molecule has 21 heavy (non-hydrogen) atoms. The van der Waals surface area contributed by atoms with E-state index >= 15 is 0 Å². The van der Waals surface area contributed by atoms with Gasteiger partial charge in [-0.15, -0.1) is 0 Å². The molecule has 0 N–H and O–H groups in total.